The van der Waals surface area contributed by atoms with E-state index < -0.39 is 0 Å². The summed E-state index contributed by atoms with van der Waals surface area (Å²) in [7, 11) is 0. The van der Waals surface area contributed by atoms with Crippen LogP contribution in [-0.4, -0.2) is 48.9 Å². The third kappa shape index (κ3) is 4.51. The first-order chi connectivity index (χ1) is 15.2. The highest BCUT2D eigenvalue weighted by atomic mass is 19.1. The molecule has 2 atom stereocenters. The summed E-state index contributed by atoms with van der Waals surface area (Å²) in [5.74, 6) is 1.22. The lowest BCUT2D eigenvalue weighted by atomic mass is 9.81. The second kappa shape index (κ2) is 8.83. The summed E-state index contributed by atoms with van der Waals surface area (Å²) in [6.07, 6.45) is 9.07. The Morgan fingerprint density at radius 2 is 2.13 bits per heavy atom. The molecule has 4 aliphatic rings. The monoisotopic (exact) mass is 425 g/mol. The molecule has 6 nitrogen and oxygen atoms in total. The van der Waals surface area contributed by atoms with Crippen LogP contribution in [0.1, 0.15) is 31.2 Å². The van der Waals surface area contributed by atoms with Crippen molar-refractivity contribution in [3.8, 4) is 5.75 Å². The number of rotatable bonds is 6. The van der Waals surface area contributed by atoms with Crippen LogP contribution >= 0.6 is 0 Å². The fourth-order valence-electron chi connectivity index (χ4n) is 4.89. The number of nitrogens with zero attached hydrogens (tertiary/aromatic N) is 2. The van der Waals surface area contributed by atoms with Crippen LogP contribution in [-0.2, 0) is 16.1 Å². The Hall–Kier alpha value is -2.67. The van der Waals surface area contributed by atoms with Crippen LogP contribution in [0.2, 0.25) is 0 Å². The molecule has 5 rings (SSSR count). The minimum atomic E-state index is -0.268. The van der Waals surface area contributed by atoms with Crippen molar-refractivity contribution in [2.24, 2.45) is 17.0 Å². The Morgan fingerprint density at radius 3 is 3.00 bits per heavy atom. The zero-order chi connectivity index (χ0) is 21.2. The Kier molecular flexibility index (Phi) is 5.76. The third-order valence-corrected chi connectivity index (χ3v) is 6.63. The van der Waals surface area contributed by atoms with Crippen LogP contribution in [0.4, 0.5) is 10.1 Å². The molecule has 1 aliphatic carbocycles. The van der Waals surface area contributed by atoms with Crippen molar-refractivity contribution in [2.75, 3.05) is 31.6 Å². The maximum atomic E-state index is 13.4. The van der Waals surface area contributed by atoms with Gasteiger partial charge >= 0.3 is 0 Å². The molecule has 3 heterocycles. The van der Waals surface area contributed by atoms with Gasteiger partial charge in [-0.15, -0.1) is 0 Å². The van der Waals surface area contributed by atoms with E-state index in [1.54, 1.807) is 0 Å². The molecule has 1 aromatic carbocycles. The van der Waals surface area contributed by atoms with Gasteiger partial charge in [-0.05, 0) is 74.7 Å². The topological polar surface area (TPSA) is 63.2 Å². The number of halogens is 1. The molecule has 1 N–H and O–H groups in total. The van der Waals surface area contributed by atoms with E-state index in [1.807, 2.05) is 24.3 Å². The highest BCUT2D eigenvalue weighted by molar-refractivity contribution is 5.94. The molecule has 0 saturated carbocycles. The number of fused-ring (bicyclic) bond motifs is 2. The highest BCUT2D eigenvalue weighted by Gasteiger charge is 2.38. The van der Waals surface area contributed by atoms with Crippen molar-refractivity contribution in [2.45, 2.75) is 38.2 Å². The number of benzene rings is 1. The first-order valence-corrected chi connectivity index (χ1v) is 11.2. The normalized spacial score (nSPS) is 25.8. The van der Waals surface area contributed by atoms with E-state index in [2.05, 4.69) is 15.4 Å². The van der Waals surface area contributed by atoms with Crippen molar-refractivity contribution in [1.82, 2.24) is 4.90 Å². The highest BCUT2D eigenvalue weighted by Crippen LogP contribution is 2.33. The molecule has 0 radical (unpaired) electrons. The van der Waals surface area contributed by atoms with E-state index in [0.29, 0.717) is 18.9 Å². The average molecular weight is 426 g/mol. The van der Waals surface area contributed by atoms with E-state index >= 15 is 0 Å². The van der Waals surface area contributed by atoms with Crippen molar-refractivity contribution in [3.63, 3.8) is 0 Å². The zero-order valence-corrected chi connectivity index (χ0v) is 17.6. The van der Waals surface area contributed by atoms with Gasteiger partial charge in [0.15, 0.2) is 6.10 Å². The molecule has 0 aromatic heterocycles. The van der Waals surface area contributed by atoms with Crippen LogP contribution in [0.3, 0.4) is 0 Å². The summed E-state index contributed by atoms with van der Waals surface area (Å²) in [6.45, 7) is 3.76. The zero-order valence-electron chi connectivity index (χ0n) is 17.6. The van der Waals surface area contributed by atoms with Gasteiger partial charge in [-0.1, -0.05) is 11.2 Å². The van der Waals surface area contributed by atoms with Gasteiger partial charge in [0.05, 0.1) is 18.2 Å². The van der Waals surface area contributed by atoms with E-state index in [0.717, 1.165) is 68.0 Å². The molecular formula is C24H28FN3O3. The van der Waals surface area contributed by atoms with Crippen molar-refractivity contribution in [1.29, 1.82) is 0 Å². The minimum absolute atomic E-state index is 0.0817. The van der Waals surface area contributed by atoms with Crippen LogP contribution in [0.15, 0.2) is 47.4 Å². The van der Waals surface area contributed by atoms with Crippen LogP contribution in [0.5, 0.6) is 5.75 Å². The van der Waals surface area contributed by atoms with E-state index in [9.17, 15) is 9.18 Å². The maximum Gasteiger partial charge on any atom is 0.224 e. The van der Waals surface area contributed by atoms with Crippen molar-refractivity contribution in [3.05, 3.63) is 47.8 Å². The number of hydrogen-bond acceptors (Lipinski definition) is 5. The number of oxime groups is 1. The van der Waals surface area contributed by atoms with Crippen LogP contribution in [0.25, 0.3) is 0 Å². The Morgan fingerprint density at radius 1 is 1.26 bits per heavy atom. The van der Waals surface area contributed by atoms with Crippen molar-refractivity contribution < 1.29 is 18.8 Å². The van der Waals surface area contributed by atoms with Gasteiger partial charge in [0.25, 0.3) is 0 Å². The first-order valence-electron chi connectivity index (χ1n) is 11.2. The maximum absolute atomic E-state index is 13.4. The first kappa shape index (κ1) is 20.2. The Bertz CT molecular complexity index is 934. The lowest BCUT2D eigenvalue weighted by Gasteiger charge is -2.32. The second-order valence-electron chi connectivity index (χ2n) is 8.71. The molecule has 2 unspecified atom stereocenters. The van der Waals surface area contributed by atoms with Gasteiger partial charge in [-0.2, -0.15) is 0 Å². The molecule has 3 aliphatic heterocycles. The number of anilines is 1. The number of hydrogen-bond donors (Lipinski definition) is 1. The number of aryl methyl sites for hydroxylation is 1. The fourth-order valence-corrected chi connectivity index (χ4v) is 4.89. The summed E-state index contributed by atoms with van der Waals surface area (Å²) in [6, 6.07) is 5.89. The molecule has 0 bridgehead atoms. The lowest BCUT2D eigenvalue weighted by Crippen LogP contribution is -2.39. The van der Waals surface area contributed by atoms with Gasteiger partial charge in [0, 0.05) is 24.6 Å². The number of likely N-dealkylation sites (tertiary alicyclic amines) is 1. The number of allylic oxidation sites excluding steroid dienone is 2. The smallest absolute Gasteiger partial charge is 0.224 e. The standard InChI is InChI=1S/C24H28FN3O3/c25-18-3-5-20-22(15-18)31-27-24(20)16-8-11-28(12-9-16)10-1-13-30-19-4-6-21-17(14-19)2-7-23(29)26-21/h3-6,14-16,20,22H,1-2,7-13H2,(H,26,29). The van der Waals surface area contributed by atoms with E-state index in [4.69, 9.17) is 9.57 Å². The van der Waals surface area contributed by atoms with E-state index in [1.165, 1.54) is 12.2 Å². The van der Waals surface area contributed by atoms with Crippen molar-refractivity contribution >= 4 is 17.3 Å². The molecule has 164 valence electrons. The van der Waals surface area contributed by atoms with Gasteiger partial charge < -0.3 is 19.8 Å². The van der Waals surface area contributed by atoms with Crippen LogP contribution in [0, 0.1) is 11.8 Å². The fraction of sp³-hybridized carbons (Fsp3) is 0.500. The van der Waals surface area contributed by atoms with Crippen LogP contribution < -0.4 is 10.1 Å². The van der Waals surface area contributed by atoms with Gasteiger partial charge in [-0.3, -0.25) is 4.79 Å². The predicted molar refractivity (Wildman–Crippen MR) is 117 cm³/mol. The van der Waals surface area contributed by atoms with Gasteiger partial charge in [0.1, 0.15) is 11.6 Å². The predicted octanol–water partition coefficient (Wildman–Crippen LogP) is 3.85. The Balaban J connectivity index is 1.03. The van der Waals surface area contributed by atoms with Gasteiger partial charge in [-0.25, -0.2) is 4.39 Å². The quantitative estimate of drug-likeness (QED) is 0.704. The molecule has 31 heavy (non-hydrogen) atoms. The summed E-state index contributed by atoms with van der Waals surface area (Å²) < 4.78 is 19.3. The largest absolute Gasteiger partial charge is 0.494 e. The number of nitrogens with one attached hydrogen (secondary N) is 1. The Labute approximate surface area is 181 Å². The molecular weight excluding hydrogens is 397 g/mol. The molecule has 1 amide bonds. The number of piperidine rings is 1. The summed E-state index contributed by atoms with van der Waals surface area (Å²) in [5, 5.41) is 7.20. The average Bonchev–Trinajstić information content (AvgIpc) is 3.20. The summed E-state index contributed by atoms with van der Waals surface area (Å²) in [5.41, 5.74) is 3.13. The SMILES string of the molecule is O=C1CCc2cc(OCCCN3CCC(C4=NOC5C=C(F)C=CC45)CC3)ccc2N1. The second-order valence-corrected chi connectivity index (χ2v) is 8.71. The number of carbonyl (C=O) groups excluding carboxylic acids is 1. The van der Waals surface area contributed by atoms with Gasteiger partial charge in [0.2, 0.25) is 5.91 Å². The summed E-state index contributed by atoms with van der Waals surface area (Å²) >= 11 is 0. The third-order valence-electron chi connectivity index (χ3n) is 6.63. The minimum Gasteiger partial charge on any atom is -0.494 e. The summed E-state index contributed by atoms with van der Waals surface area (Å²) in [4.78, 5) is 19.4. The number of ether oxygens (including phenoxy) is 1. The van der Waals surface area contributed by atoms with E-state index in [-0.39, 0.29) is 23.8 Å². The molecule has 0 spiro atoms. The molecule has 1 aromatic rings. The number of amides is 1. The molecule has 1 fully saturated rings. The lowest BCUT2D eigenvalue weighted by molar-refractivity contribution is -0.116. The molecule has 7 heteroatoms. The number of carbonyl (C=O) groups is 1. The molecule has 1 saturated heterocycles.